The summed E-state index contributed by atoms with van der Waals surface area (Å²) in [5.74, 6) is -1.61. The van der Waals surface area contributed by atoms with Crippen molar-refractivity contribution in [2.75, 3.05) is 0 Å². The number of aromatic nitrogens is 2. The summed E-state index contributed by atoms with van der Waals surface area (Å²) in [7, 11) is 1.94. The highest BCUT2D eigenvalue weighted by atomic mass is 16.4. The third-order valence-corrected chi connectivity index (χ3v) is 4.51. The van der Waals surface area contributed by atoms with Crippen molar-refractivity contribution in [2.24, 2.45) is 12.8 Å². The molecule has 2 atom stereocenters. The van der Waals surface area contributed by atoms with E-state index in [0.717, 1.165) is 16.5 Å². The molecule has 0 radical (unpaired) electrons. The van der Waals surface area contributed by atoms with Gasteiger partial charge in [-0.3, -0.25) is 9.78 Å². The van der Waals surface area contributed by atoms with Crippen LogP contribution in [0.5, 0.6) is 0 Å². The SMILES string of the molecule is Cn1cc(C[C@@H](N)C(=O)N[C@H](Cc2ccccn2)C(=O)O)c2ccccc21. The molecule has 0 fully saturated rings. The Morgan fingerprint density at radius 1 is 1.19 bits per heavy atom. The topological polar surface area (TPSA) is 110 Å². The number of aryl methyl sites for hydroxylation is 1. The van der Waals surface area contributed by atoms with E-state index in [9.17, 15) is 14.7 Å². The third-order valence-electron chi connectivity index (χ3n) is 4.51. The normalized spacial score (nSPS) is 13.3. The van der Waals surface area contributed by atoms with Gasteiger partial charge in [-0.1, -0.05) is 24.3 Å². The lowest BCUT2D eigenvalue weighted by Gasteiger charge is -2.17. The number of hydrogen-bond donors (Lipinski definition) is 3. The van der Waals surface area contributed by atoms with E-state index in [-0.39, 0.29) is 6.42 Å². The van der Waals surface area contributed by atoms with Crippen LogP contribution in [-0.4, -0.2) is 38.6 Å². The number of hydrogen-bond acceptors (Lipinski definition) is 4. The summed E-state index contributed by atoms with van der Waals surface area (Å²) < 4.78 is 1.98. The summed E-state index contributed by atoms with van der Waals surface area (Å²) in [4.78, 5) is 28.1. The Morgan fingerprint density at radius 2 is 1.93 bits per heavy atom. The maximum Gasteiger partial charge on any atom is 0.326 e. The van der Waals surface area contributed by atoms with Crippen molar-refractivity contribution < 1.29 is 14.7 Å². The lowest BCUT2D eigenvalue weighted by atomic mass is 10.0. The predicted molar refractivity (Wildman–Crippen MR) is 102 cm³/mol. The molecule has 4 N–H and O–H groups in total. The molecule has 3 rings (SSSR count). The summed E-state index contributed by atoms with van der Waals surface area (Å²) >= 11 is 0. The zero-order valence-corrected chi connectivity index (χ0v) is 15.0. The van der Waals surface area contributed by atoms with Crippen LogP contribution in [0.3, 0.4) is 0 Å². The first-order valence-corrected chi connectivity index (χ1v) is 8.67. The van der Waals surface area contributed by atoms with Crippen LogP contribution in [-0.2, 0) is 29.5 Å². The molecular formula is C20H22N4O3. The molecule has 140 valence electrons. The quantitative estimate of drug-likeness (QED) is 0.583. The van der Waals surface area contributed by atoms with Crippen molar-refractivity contribution in [3.63, 3.8) is 0 Å². The molecule has 0 spiro atoms. The number of pyridine rings is 1. The van der Waals surface area contributed by atoms with E-state index in [1.54, 1.807) is 24.4 Å². The van der Waals surface area contributed by atoms with Crippen LogP contribution in [0.1, 0.15) is 11.3 Å². The van der Waals surface area contributed by atoms with Gasteiger partial charge >= 0.3 is 5.97 Å². The molecule has 0 aliphatic carbocycles. The minimum Gasteiger partial charge on any atom is -0.480 e. The van der Waals surface area contributed by atoms with E-state index in [1.807, 2.05) is 42.1 Å². The molecule has 0 bridgehead atoms. The molecule has 2 aromatic heterocycles. The van der Waals surface area contributed by atoms with Gasteiger partial charge in [0.25, 0.3) is 0 Å². The number of nitrogens with one attached hydrogen (secondary N) is 1. The van der Waals surface area contributed by atoms with Crippen molar-refractivity contribution in [1.29, 1.82) is 0 Å². The highest BCUT2D eigenvalue weighted by Gasteiger charge is 2.24. The highest BCUT2D eigenvalue weighted by molar-refractivity contribution is 5.89. The number of carboxylic acids is 1. The Labute approximate surface area is 156 Å². The Hall–Kier alpha value is -3.19. The second kappa shape index (κ2) is 8.01. The lowest BCUT2D eigenvalue weighted by Crippen LogP contribution is -2.50. The van der Waals surface area contributed by atoms with Crippen molar-refractivity contribution >= 4 is 22.8 Å². The maximum absolute atomic E-state index is 12.5. The summed E-state index contributed by atoms with van der Waals surface area (Å²) in [5, 5.41) is 13.0. The standard InChI is InChI=1S/C20H22N4O3/c1-24-12-13(15-7-2-3-8-18(15)24)10-16(21)19(25)23-17(20(26)27)11-14-6-4-5-9-22-14/h2-9,12,16-17H,10-11,21H2,1H3,(H,23,25)(H,26,27)/t16-,17-/m1/s1. The summed E-state index contributed by atoms with van der Waals surface area (Å²) in [5.41, 5.74) is 8.66. The van der Waals surface area contributed by atoms with Crippen LogP contribution in [0.4, 0.5) is 0 Å². The Bertz CT molecular complexity index is 952. The van der Waals surface area contributed by atoms with Gasteiger partial charge in [-0.25, -0.2) is 4.79 Å². The van der Waals surface area contributed by atoms with Crippen LogP contribution in [0.15, 0.2) is 54.9 Å². The van der Waals surface area contributed by atoms with Crippen LogP contribution in [0.25, 0.3) is 10.9 Å². The first kappa shape index (κ1) is 18.6. The van der Waals surface area contributed by atoms with Crippen LogP contribution < -0.4 is 11.1 Å². The van der Waals surface area contributed by atoms with E-state index in [2.05, 4.69) is 10.3 Å². The molecule has 0 saturated carbocycles. The molecule has 3 aromatic rings. The lowest BCUT2D eigenvalue weighted by molar-refractivity contribution is -0.142. The van der Waals surface area contributed by atoms with Gasteiger partial charge in [0.15, 0.2) is 0 Å². The number of nitrogens with zero attached hydrogens (tertiary/aromatic N) is 2. The number of aliphatic carboxylic acids is 1. The summed E-state index contributed by atoms with van der Waals surface area (Å²) in [6, 6.07) is 11.2. The molecule has 0 saturated heterocycles. The molecular weight excluding hydrogens is 344 g/mol. The largest absolute Gasteiger partial charge is 0.480 e. The maximum atomic E-state index is 12.5. The molecule has 7 heteroatoms. The third kappa shape index (κ3) is 4.32. The number of carbonyl (C=O) groups excluding carboxylic acids is 1. The Balaban J connectivity index is 1.69. The van der Waals surface area contributed by atoms with Crippen molar-refractivity contribution in [3.05, 3.63) is 66.1 Å². The van der Waals surface area contributed by atoms with Crippen LogP contribution in [0, 0.1) is 0 Å². The number of carbonyl (C=O) groups is 2. The second-order valence-electron chi connectivity index (χ2n) is 6.52. The summed E-state index contributed by atoms with van der Waals surface area (Å²) in [6.07, 6.45) is 3.95. The Kier molecular flexibility index (Phi) is 5.52. The van der Waals surface area contributed by atoms with E-state index >= 15 is 0 Å². The number of carboxylic acid groups (broad SMARTS) is 1. The molecule has 0 unspecified atom stereocenters. The fraction of sp³-hybridized carbons (Fsp3) is 0.250. The van der Waals surface area contributed by atoms with Crippen molar-refractivity contribution in [3.8, 4) is 0 Å². The fourth-order valence-electron chi connectivity index (χ4n) is 3.12. The van der Waals surface area contributed by atoms with Gasteiger partial charge in [0.1, 0.15) is 6.04 Å². The van der Waals surface area contributed by atoms with E-state index in [4.69, 9.17) is 5.73 Å². The molecule has 0 aliphatic heterocycles. The van der Waals surface area contributed by atoms with Gasteiger partial charge in [-0.05, 0) is 30.2 Å². The number of benzene rings is 1. The average Bonchev–Trinajstić information content (AvgIpc) is 2.98. The first-order chi connectivity index (χ1) is 13.0. The van der Waals surface area contributed by atoms with Gasteiger partial charge in [0.2, 0.25) is 5.91 Å². The number of para-hydroxylation sites is 1. The first-order valence-electron chi connectivity index (χ1n) is 8.67. The molecule has 27 heavy (non-hydrogen) atoms. The van der Waals surface area contributed by atoms with E-state index < -0.39 is 24.0 Å². The molecule has 1 amide bonds. The van der Waals surface area contributed by atoms with Gasteiger partial charge in [-0.15, -0.1) is 0 Å². The Morgan fingerprint density at radius 3 is 2.63 bits per heavy atom. The zero-order valence-electron chi connectivity index (χ0n) is 15.0. The number of nitrogens with two attached hydrogens (primary N) is 1. The number of fused-ring (bicyclic) bond motifs is 1. The van der Waals surface area contributed by atoms with Gasteiger partial charge in [-0.2, -0.15) is 0 Å². The predicted octanol–water partition coefficient (Wildman–Crippen LogP) is 1.26. The average molecular weight is 366 g/mol. The van der Waals surface area contributed by atoms with Crippen molar-refractivity contribution in [1.82, 2.24) is 14.9 Å². The smallest absolute Gasteiger partial charge is 0.326 e. The van der Waals surface area contributed by atoms with E-state index in [0.29, 0.717) is 12.1 Å². The van der Waals surface area contributed by atoms with Gasteiger partial charge in [0.05, 0.1) is 6.04 Å². The molecule has 7 nitrogen and oxygen atoms in total. The molecule has 2 heterocycles. The van der Waals surface area contributed by atoms with E-state index in [1.165, 1.54) is 0 Å². The number of amides is 1. The monoisotopic (exact) mass is 366 g/mol. The number of rotatable bonds is 7. The van der Waals surface area contributed by atoms with Gasteiger partial charge < -0.3 is 20.7 Å². The van der Waals surface area contributed by atoms with Crippen LogP contribution in [0.2, 0.25) is 0 Å². The van der Waals surface area contributed by atoms with Gasteiger partial charge in [0, 0.05) is 42.5 Å². The minimum atomic E-state index is -1.12. The summed E-state index contributed by atoms with van der Waals surface area (Å²) in [6.45, 7) is 0. The molecule has 1 aromatic carbocycles. The van der Waals surface area contributed by atoms with Crippen LogP contribution >= 0.6 is 0 Å². The van der Waals surface area contributed by atoms with Crippen molar-refractivity contribution in [2.45, 2.75) is 24.9 Å². The fourth-order valence-corrected chi connectivity index (χ4v) is 3.12. The molecule has 0 aliphatic rings. The minimum absolute atomic E-state index is 0.100. The highest BCUT2D eigenvalue weighted by Crippen LogP contribution is 2.21. The zero-order chi connectivity index (χ0) is 19.4. The second-order valence-corrected chi connectivity index (χ2v) is 6.52.